The van der Waals surface area contributed by atoms with Crippen LogP contribution in [0, 0.1) is 6.92 Å². The van der Waals surface area contributed by atoms with E-state index in [-0.39, 0.29) is 12.7 Å². The molecule has 0 radical (unpaired) electrons. The summed E-state index contributed by atoms with van der Waals surface area (Å²) in [6, 6.07) is 0. The third kappa shape index (κ3) is 3.99. The number of thiazole rings is 1. The van der Waals surface area contributed by atoms with Crippen molar-refractivity contribution in [1.29, 1.82) is 0 Å². The van der Waals surface area contributed by atoms with Crippen LogP contribution in [0.25, 0.3) is 0 Å². The summed E-state index contributed by atoms with van der Waals surface area (Å²) >= 11 is 7.12. The Kier molecular flexibility index (Phi) is 4.70. The van der Waals surface area contributed by atoms with Crippen molar-refractivity contribution in [3.8, 4) is 0 Å². The Morgan fingerprint density at radius 3 is 2.56 bits per heavy atom. The van der Waals surface area contributed by atoms with E-state index < -0.39 is 5.79 Å². The minimum absolute atomic E-state index is 0.0181. The first kappa shape index (κ1) is 13.9. The molecule has 0 saturated carbocycles. The van der Waals surface area contributed by atoms with Gasteiger partial charge in [0.25, 0.3) is 0 Å². The van der Waals surface area contributed by atoms with Crippen LogP contribution in [-0.2, 0) is 4.74 Å². The number of ether oxygens (including phenoxy) is 1. The Balaban J connectivity index is 2.89. The molecular formula is C10H16ClNO3S. The molecule has 0 amide bonds. The van der Waals surface area contributed by atoms with Crippen LogP contribution in [0.4, 0.5) is 0 Å². The Morgan fingerprint density at radius 2 is 2.19 bits per heavy atom. The van der Waals surface area contributed by atoms with Crippen LogP contribution in [0.2, 0.25) is 4.47 Å². The van der Waals surface area contributed by atoms with Gasteiger partial charge >= 0.3 is 0 Å². The zero-order valence-electron chi connectivity index (χ0n) is 9.53. The van der Waals surface area contributed by atoms with Gasteiger partial charge in [-0.3, -0.25) is 0 Å². The Bertz CT molecular complexity index is 348. The monoisotopic (exact) mass is 265 g/mol. The Labute approximate surface area is 104 Å². The van der Waals surface area contributed by atoms with Crippen molar-refractivity contribution in [1.82, 2.24) is 4.98 Å². The first-order chi connectivity index (χ1) is 7.33. The van der Waals surface area contributed by atoms with Gasteiger partial charge in [-0.15, -0.1) is 11.3 Å². The predicted molar refractivity (Wildman–Crippen MR) is 63.7 cm³/mol. The highest BCUT2D eigenvalue weighted by Crippen LogP contribution is 2.34. The molecule has 1 rings (SSSR count). The maximum atomic E-state index is 9.62. The van der Waals surface area contributed by atoms with Gasteiger partial charge in [0.05, 0.1) is 16.7 Å². The number of aromatic nitrogens is 1. The molecule has 1 unspecified atom stereocenters. The number of nitrogens with zero attached hydrogens (tertiary/aromatic N) is 1. The van der Waals surface area contributed by atoms with Gasteiger partial charge in [-0.2, -0.15) is 0 Å². The molecule has 0 aliphatic carbocycles. The van der Waals surface area contributed by atoms with Crippen LogP contribution in [0.1, 0.15) is 36.9 Å². The van der Waals surface area contributed by atoms with Crippen molar-refractivity contribution in [3.63, 3.8) is 0 Å². The van der Waals surface area contributed by atoms with E-state index in [0.29, 0.717) is 10.9 Å². The third-order valence-corrected chi connectivity index (χ3v) is 3.27. The Morgan fingerprint density at radius 1 is 1.56 bits per heavy atom. The summed E-state index contributed by atoms with van der Waals surface area (Å²) in [5.74, 6) is -1.25. The molecular weight excluding hydrogens is 250 g/mol. The van der Waals surface area contributed by atoms with Crippen molar-refractivity contribution in [2.45, 2.75) is 39.1 Å². The number of hydrogen-bond acceptors (Lipinski definition) is 5. The topological polar surface area (TPSA) is 62.6 Å². The molecule has 0 fully saturated rings. The molecule has 1 aromatic heterocycles. The standard InChI is InChI=1S/C10H16ClNO3S/c1-6-8(16-9(11)12-6)7(4-5-13)15-10(2,3)14/h7,13-14H,4-5H2,1-3H3. The predicted octanol–water partition coefficient (Wildman–Crippen LogP) is 2.27. The number of hydrogen-bond donors (Lipinski definition) is 2. The number of aryl methyl sites for hydroxylation is 1. The summed E-state index contributed by atoms with van der Waals surface area (Å²) < 4.78 is 5.91. The van der Waals surface area contributed by atoms with Crippen molar-refractivity contribution < 1.29 is 14.9 Å². The molecule has 0 saturated heterocycles. The van der Waals surface area contributed by atoms with Crippen molar-refractivity contribution in [3.05, 3.63) is 15.0 Å². The van der Waals surface area contributed by atoms with Crippen LogP contribution in [-0.4, -0.2) is 27.6 Å². The third-order valence-electron chi connectivity index (χ3n) is 1.92. The summed E-state index contributed by atoms with van der Waals surface area (Å²) in [5, 5.41) is 18.6. The van der Waals surface area contributed by atoms with Gasteiger partial charge in [-0.05, 0) is 20.8 Å². The maximum absolute atomic E-state index is 9.62. The molecule has 1 atom stereocenters. The SMILES string of the molecule is Cc1nc(Cl)sc1C(CCO)OC(C)(C)O. The highest BCUT2D eigenvalue weighted by Gasteiger charge is 2.25. The normalized spacial score (nSPS) is 14.1. The lowest BCUT2D eigenvalue weighted by Crippen LogP contribution is -2.26. The lowest BCUT2D eigenvalue weighted by molar-refractivity contribution is -0.209. The highest BCUT2D eigenvalue weighted by atomic mass is 35.5. The van der Waals surface area contributed by atoms with E-state index in [1.165, 1.54) is 11.3 Å². The quantitative estimate of drug-likeness (QED) is 0.802. The van der Waals surface area contributed by atoms with Gasteiger partial charge < -0.3 is 14.9 Å². The fourth-order valence-corrected chi connectivity index (χ4v) is 2.61. The van der Waals surface area contributed by atoms with E-state index in [1.54, 1.807) is 13.8 Å². The van der Waals surface area contributed by atoms with Crippen LogP contribution in [0.3, 0.4) is 0 Å². The second-order valence-corrected chi connectivity index (χ2v) is 5.59. The molecule has 6 heteroatoms. The van der Waals surface area contributed by atoms with Crippen LogP contribution < -0.4 is 0 Å². The lowest BCUT2D eigenvalue weighted by Gasteiger charge is -2.25. The minimum atomic E-state index is -1.25. The fourth-order valence-electron chi connectivity index (χ4n) is 1.38. The molecule has 0 aliphatic rings. The number of aliphatic hydroxyl groups excluding tert-OH is 1. The molecule has 1 aromatic rings. The minimum Gasteiger partial charge on any atom is -0.396 e. The first-order valence-corrected chi connectivity index (χ1v) is 6.17. The number of halogens is 1. The van der Waals surface area contributed by atoms with Gasteiger partial charge in [0.1, 0.15) is 0 Å². The molecule has 16 heavy (non-hydrogen) atoms. The van der Waals surface area contributed by atoms with Gasteiger partial charge in [0.15, 0.2) is 10.3 Å². The fraction of sp³-hybridized carbons (Fsp3) is 0.700. The summed E-state index contributed by atoms with van der Waals surface area (Å²) in [5.41, 5.74) is 0.776. The number of aliphatic hydroxyl groups is 2. The van der Waals surface area contributed by atoms with E-state index in [0.717, 1.165) is 10.6 Å². The average Bonchev–Trinajstić information content (AvgIpc) is 2.42. The molecule has 0 aliphatic heterocycles. The van der Waals surface area contributed by atoms with Crippen LogP contribution in [0.15, 0.2) is 0 Å². The second-order valence-electron chi connectivity index (χ2n) is 3.98. The smallest absolute Gasteiger partial charge is 0.184 e. The Hall–Kier alpha value is -0.200. The summed E-state index contributed by atoms with van der Waals surface area (Å²) in [7, 11) is 0. The summed E-state index contributed by atoms with van der Waals surface area (Å²) in [6.45, 7) is 4.91. The van der Waals surface area contributed by atoms with Gasteiger partial charge in [-0.25, -0.2) is 4.98 Å². The lowest BCUT2D eigenvalue weighted by atomic mass is 10.2. The molecule has 4 nitrogen and oxygen atoms in total. The van der Waals surface area contributed by atoms with E-state index in [1.807, 2.05) is 6.92 Å². The van der Waals surface area contributed by atoms with Gasteiger partial charge in [-0.1, -0.05) is 11.6 Å². The largest absolute Gasteiger partial charge is 0.396 e. The van der Waals surface area contributed by atoms with Gasteiger partial charge in [0, 0.05) is 13.0 Å². The van der Waals surface area contributed by atoms with Crippen molar-refractivity contribution >= 4 is 22.9 Å². The molecule has 92 valence electrons. The molecule has 0 bridgehead atoms. The van der Waals surface area contributed by atoms with Crippen molar-refractivity contribution in [2.24, 2.45) is 0 Å². The highest BCUT2D eigenvalue weighted by molar-refractivity contribution is 7.15. The maximum Gasteiger partial charge on any atom is 0.184 e. The van der Waals surface area contributed by atoms with E-state index >= 15 is 0 Å². The van der Waals surface area contributed by atoms with Crippen molar-refractivity contribution in [2.75, 3.05) is 6.61 Å². The summed E-state index contributed by atoms with van der Waals surface area (Å²) in [6.07, 6.45) is 0.0265. The average molecular weight is 266 g/mol. The zero-order valence-corrected chi connectivity index (χ0v) is 11.1. The van der Waals surface area contributed by atoms with E-state index in [2.05, 4.69) is 4.98 Å². The van der Waals surface area contributed by atoms with Gasteiger partial charge in [0.2, 0.25) is 0 Å². The van der Waals surface area contributed by atoms with Crippen LogP contribution in [0.5, 0.6) is 0 Å². The molecule has 0 aromatic carbocycles. The van der Waals surface area contributed by atoms with E-state index in [4.69, 9.17) is 21.4 Å². The second kappa shape index (κ2) is 5.42. The molecule has 2 N–H and O–H groups in total. The van der Waals surface area contributed by atoms with E-state index in [9.17, 15) is 5.11 Å². The first-order valence-electron chi connectivity index (χ1n) is 4.97. The van der Waals surface area contributed by atoms with Crippen LogP contribution >= 0.6 is 22.9 Å². The zero-order chi connectivity index (χ0) is 12.3. The molecule has 1 heterocycles. The number of rotatable bonds is 5. The summed E-state index contributed by atoms with van der Waals surface area (Å²) in [4.78, 5) is 4.93. The molecule has 0 spiro atoms.